The molecule has 3 rings (SSSR count). The summed E-state index contributed by atoms with van der Waals surface area (Å²) < 4.78 is 7.26. The third-order valence-electron chi connectivity index (χ3n) is 6.18. The lowest BCUT2D eigenvalue weighted by Crippen LogP contribution is -2.45. The number of rotatable bonds is 11. The number of amides is 2. The van der Waals surface area contributed by atoms with E-state index < -0.39 is 17.2 Å². The molecule has 1 aliphatic rings. The molecule has 0 radical (unpaired) electrons. The zero-order chi connectivity index (χ0) is 26.1. The van der Waals surface area contributed by atoms with Crippen LogP contribution >= 0.6 is 0 Å². The molecule has 1 aliphatic heterocycles. The summed E-state index contributed by atoms with van der Waals surface area (Å²) in [5.41, 5.74) is 0.241. The van der Waals surface area contributed by atoms with Gasteiger partial charge in [-0.3, -0.25) is 24.3 Å². The van der Waals surface area contributed by atoms with Gasteiger partial charge in [-0.1, -0.05) is 33.8 Å². The standard InChI is InChI=1S/C27H39N5O4/c1-19(2)8-10-31-17-21(26(34)29-15-20(3)4)25(33)22(18-31)27(35)30-16-24(23-7-5-6-9-28-23)32-11-13-36-14-12-32/h5-7,9,17-20,24H,8,10-16H2,1-4H3,(H,29,34)(H,30,35). The molecule has 0 saturated carbocycles. The normalized spacial score (nSPS) is 15.2. The summed E-state index contributed by atoms with van der Waals surface area (Å²) in [4.78, 5) is 46.1. The minimum Gasteiger partial charge on any atom is -0.379 e. The van der Waals surface area contributed by atoms with Gasteiger partial charge in [0, 0.05) is 51.3 Å². The van der Waals surface area contributed by atoms with Crippen LogP contribution in [0.1, 0.15) is 66.6 Å². The van der Waals surface area contributed by atoms with Crippen LogP contribution in [-0.2, 0) is 11.3 Å². The molecule has 1 saturated heterocycles. The summed E-state index contributed by atoms with van der Waals surface area (Å²) in [5.74, 6) is -0.271. The van der Waals surface area contributed by atoms with Crippen molar-refractivity contribution in [1.29, 1.82) is 0 Å². The van der Waals surface area contributed by atoms with Crippen LogP contribution in [0.15, 0.2) is 41.6 Å². The molecule has 0 aromatic carbocycles. The number of aryl methyl sites for hydroxylation is 1. The average molecular weight is 498 g/mol. The van der Waals surface area contributed by atoms with Gasteiger partial charge in [-0.15, -0.1) is 0 Å². The van der Waals surface area contributed by atoms with E-state index in [1.807, 2.05) is 32.0 Å². The SMILES string of the molecule is CC(C)CCn1cc(C(=O)NCC(C)C)c(=O)c(C(=O)NCC(c2ccccn2)N2CCOCC2)c1. The van der Waals surface area contributed by atoms with Crippen molar-refractivity contribution in [2.75, 3.05) is 39.4 Å². The van der Waals surface area contributed by atoms with Crippen molar-refractivity contribution in [2.24, 2.45) is 11.8 Å². The van der Waals surface area contributed by atoms with E-state index in [-0.39, 0.29) is 29.6 Å². The lowest BCUT2D eigenvalue weighted by Gasteiger charge is -2.34. The number of pyridine rings is 2. The second-order valence-electron chi connectivity index (χ2n) is 10.1. The number of ether oxygens (including phenoxy) is 1. The quantitative estimate of drug-likeness (QED) is 0.494. The number of aromatic nitrogens is 2. The molecule has 2 N–H and O–H groups in total. The van der Waals surface area contributed by atoms with E-state index in [0.29, 0.717) is 32.2 Å². The molecule has 36 heavy (non-hydrogen) atoms. The molecule has 0 aliphatic carbocycles. The smallest absolute Gasteiger partial charge is 0.256 e. The van der Waals surface area contributed by atoms with E-state index in [2.05, 4.69) is 34.4 Å². The van der Waals surface area contributed by atoms with Gasteiger partial charge in [0.1, 0.15) is 11.1 Å². The Bertz CT molecular complexity index is 1060. The second-order valence-corrected chi connectivity index (χ2v) is 10.1. The van der Waals surface area contributed by atoms with Crippen molar-refractivity contribution < 1.29 is 14.3 Å². The van der Waals surface area contributed by atoms with Crippen molar-refractivity contribution in [3.05, 3.63) is 63.8 Å². The highest BCUT2D eigenvalue weighted by Gasteiger charge is 2.26. The second kappa shape index (κ2) is 13.3. The van der Waals surface area contributed by atoms with Gasteiger partial charge < -0.3 is 19.9 Å². The Morgan fingerprint density at radius 3 is 2.17 bits per heavy atom. The fourth-order valence-corrected chi connectivity index (χ4v) is 4.05. The summed E-state index contributed by atoms with van der Waals surface area (Å²) in [6.45, 7) is 12.2. The van der Waals surface area contributed by atoms with Crippen LogP contribution in [0.25, 0.3) is 0 Å². The fourth-order valence-electron chi connectivity index (χ4n) is 4.05. The largest absolute Gasteiger partial charge is 0.379 e. The number of carbonyl (C=O) groups excluding carboxylic acids is 2. The van der Waals surface area contributed by atoms with Gasteiger partial charge in [0.05, 0.1) is 24.9 Å². The molecule has 2 aromatic heterocycles. The first-order valence-electron chi connectivity index (χ1n) is 12.8. The molecule has 9 nitrogen and oxygen atoms in total. The maximum absolute atomic E-state index is 13.3. The molecule has 196 valence electrons. The van der Waals surface area contributed by atoms with Crippen LogP contribution in [0.3, 0.4) is 0 Å². The minimum absolute atomic E-state index is 0.0125. The molecule has 2 aromatic rings. The van der Waals surface area contributed by atoms with Crippen LogP contribution < -0.4 is 16.1 Å². The third-order valence-corrected chi connectivity index (χ3v) is 6.18. The van der Waals surface area contributed by atoms with E-state index in [1.165, 1.54) is 0 Å². The molecular weight excluding hydrogens is 458 g/mol. The van der Waals surface area contributed by atoms with Crippen LogP contribution in [-0.4, -0.2) is 65.7 Å². The molecule has 3 heterocycles. The third kappa shape index (κ3) is 7.73. The Morgan fingerprint density at radius 1 is 0.972 bits per heavy atom. The first-order chi connectivity index (χ1) is 17.3. The summed E-state index contributed by atoms with van der Waals surface area (Å²) in [6.07, 6.45) is 5.71. The molecule has 2 amide bonds. The van der Waals surface area contributed by atoms with E-state index in [0.717, 1.165) is 25.2 Å². The molecule has 0 bridgehead atoms. The highest BCUT2D eigenvalue weighted by Crippen LogP contribution is 2.19. The van der Waals surface area contributed by atoms with Crippen LogP contribution in [0.4, 0.5) is 0 Å². The molecular formula is C27H39N5O4. The maximum Gasteiger partial charge on any atom is 0.256 e. The van der Waals surface area contributed by atoms with Crippen LogP contribution in [0.2, 0.25) is 0 Å². The van der Waals surface area contributed by atoms with E-state index >= 15 is 0 Å². The van der Waals surface area contributed by atoms with Gasteiger partial charge >= 0.3 is 0 Å². The lowest BCUT2D eigenvalue weighted by molar-refractivity contribution is 0.0154. The van der Waals surface area contributed by atoms with Gasteiger partial charge in [0.15, 0.2) is 0 Å². The zero-order valence-corrected chi connectivity index (χ0v) is 21.8. The van der Waals surface area contributed by atoms with Crippen molar-refractivity contribution in [3.8, 4) is 0 Å². The van der Waals surface area contributed by atoms with Crippen molar-refractivity contribution in [3.63, 3.8) is 0 Å². The lowest BCUT2D eigenvalue weighted by atomic mass is 10.1. The van der Waals surface area contributed by atoms with E-state index in [1.54, 1.807) is 23.2 Å². The monoisotopic (exact) mass is 497 g/mol. The molecule has 1 atom stereocenters. The highest BCUT2D eigenvalue weighted by molar-refractivity contribution is 5.99. The fraction of sp³-hybridized carbons (Fsp3) is 0.556. The first-order valence-corrected chi connectivity index (χ1v) is 12.8. The molecule has 1 unspecified atom stereocenters. The van der Waals surface area contributed by atoms with Crippen molar-refractivity contribution in [2.45, 2.75) is 46.7 Å². The average Bonchev–Trinajstić information content (AvgIpc) is 2.87. The predicted octanol–water partition coefficient (Wildman–Crippen LogP) is 2.48. The Labute approximate surface area is 213 Å². The summed E-state index contributed by atoms with van der Waals surface area (Å²) in [7, 11) is 0. The summed E-state index contributed by atoms with van der Waals surface area (Å²) in [5, 5.41) is 5.74. The van der Waals surface area contributed by atoms with Gasteiger partial charge in [-0.25, -0.2) is 0 Å². The van der Waals surface area contributed by atoms with E-state index in [4.69, 9.17) is 4.74 Å². The molecule has 9 heteroatoms. The highest BCUT2D eigenvalue weighted by atomic mass is 16.5. The molecule has 1 fully saturated rings. The Balaban J connectivity index is 1.84. The summed E-state index contributed by atoms with van der Waals surface area (Å²) in [6, 6.07) is 5.56. The van der Waals surface area contributed by atoms with E-state index in [9.17, 15) is 14.4 Å². The van der Waals surface area contributed by atoms with Crippen molar-refractivity contribution >= 4 is 11.8 Å². The van der Waals surface area contributed by atoms with Gasteiger partial charge in [0.2, 0.25) is 5.43 Å². The maximum atomic E-state index is 13.3. The van der Waals surface area contributed by atoms with Gasteiger partial charge in [-0.2, -0.15) is 0 Å². The number of hydrogen-bond acceptors (Lipinski definition) is 6. The first kappa shape index (κ1) is 27.5. The number of morpholine rings is 1. The zero-order valence-electron chi connectivity index (χ0n) is 21.8. The number of hydrogen-bond donors (Lipinski definition) is 2. The Hall–Kier alpha value is -3.04. The predicted molar refractivity (Wildman–Crippen MR) is 139 cm³/mol. The molecule has 0 spiro atoms. The van der Waals surface area contributed by atoms with Crippen LogP contribution in [0, 0.1) is 11.8 Å². The number of nitrogens with zero attached hydrogens (tertiary/aromatic N) is 3. The number of carbonyl (C=O) groups is 2. The van der Waals surface area contributed by atoms with Gasteiger partial charge in [0.25, 0.3) is 11.8 Å². The Kier molecular flexibility index (Phi) is 10.2. The topological polar surface area (TPSA) is 106 Å². The number of nitrogens with one attached hydrogen (secondary N) is 2. The van der Waals surface area contributed by atoms with Crippen LogP contribution in [0.5, 0.6) is 0 Å². The summed E-state index contributed by atoms with van der Waals surface area (Å²) >= 11 is 0. The minimum atomic E-state index is -0.560. The van der Waals surface area contributed by atoms with Crippen molar-refractivity contribution in [1.82, 2.24) is 25.1 Å². The van der Waals surface area contributed by atoms with Gasteiger partial charge in [-0.05, 0) is 30.4 Å². The Morgan fingerprint density at radius 2 is 1.61 bits per heavy atom.